The summed E-state index contributed by atoms with van der Waals surface area (Å²) in [5.41, 5.74) is 0.354. The van der Waals surface area contributed by atoms with Crippen molar-refractivity contribution >= 4 is 5.91 Å². The van der Waals surface area contributed by atoms with Gasteiger partial charge in [0.15, 0.2) is 0 Å². The molecule has 0 bridgehead atoms. The Balaban J connectivity index is 1.41. The van der Waals surface area contributed by atoms with Crippen molar-refractivity contribution in [1.29, 1.82) is 0 Å². The Bertz CT molecular complexity index is 627. The summed E-state index contributed by atoms with van der Waals surface area (Å²) in [4.78, 5) is 11.2. The average molecular weight is 338 g/mol. The lowest BCUT2D eigenvalue weighted by molar-refractivity contribution is -0.137. The van der Waals surface area contributed by atoms with Crippen LogP contribution in [0.3, 0.4) is 0 Å². The molecule has 0 unspecified atom stereocenters. The van der Waals surface area contributed by atoms with Crippen LogP contribution in [0.15, 0.2) is 36.9 Å². The third kappa shape index (κ3) is 3.64. The molecule has 0 aliphatic heterocycles. The Morgan fingerprint density at radius 3 is 2.54 bits per heavy atom. The number of nitrogens with one attached hydrogen (secondary N) is 2. The molecule has 1 aromatic rings. The molecule has 24 heavy (non-hydrogen) atoms. The number of alkyl halides is 3. The first-order valence-corrected chi connectivity index (χ1v) is 8.12. The first-order chi connectivity index (χ1) is 11.3. The number of hydrogen-bond acceptors (Lipinski definition) is 2. The highest BCUT2D eigenvalue weighted by Crippen LogP contribution is 2.55. The minimum Gasteiger partial charge on any atom is -0.350 e. The Hall–Kier alpha value is -1.82. The first-order valence-electron chi connectivity index (χ1n) is 8.12. The van der Waals surface area contributed by atoms with Crippen molar-refractivity contribution in [3.8, 4) is 0 Å². The van der Waals surface area contributed by atoms with Gasteiger partial charge in [0.2, 0.25) is 5.91 Å². The summed E-state index contributed by atoms with van der Waals surface area (Å²) in [6.45, 7) is 3.88. The van der Waals surface area contributed by atoms with E-state index < -0.39 is 11.7 Å². The van der Waals surface area contributed by atoms with Crippen molar-refractivity contribution in [2.75, 3.05) is 0 Å². The molecule has 3 nitrogen and oxygen atoms in total. The van der Waals surface area contributed by atoms with Gasteiger partial charge in [-0.3, -0.25) is 4.79 Å². The number of benzene rings is 1. The number of hydrogen-bond donors (Lipinski definition) is 2. The minimum atomic E-state index is -4.30. The average Bonchev–Trinajstić information content (AvgIpc) is 2.46. The van der Waals surface area contributed by atoms with Gasteiger partial charge < -0.3 is 10.6 Å². The molecule has 0 radical (unpaired) electrons. The van der Waals surface area contributed by atoms with Crippen LogP contribution in [0.2, 0.25) is 0 Å². The maximum absolute atomic E-state index is 12.7. The summed E-state index contributed by atoms with van der Waals surface area (Å²) >= 11 is 0. The highest BCUT2D eigenvalue weighted by atomic mass is 19.4. The van der Waals surface area contributed by atoms with Crippen LogP contribution in [0.25, 0.3) is 0 Å². The van der Waals surface area contributed by atoms with Gasteiger partial charge in [0, 0.05) is 18.6 Å². The zero-order valence-corrected chi connectivity index (χ0v) is 13.3. The van der Waals surface area contributed by atoms with Gasteiger partial charge >= 0.3 is 6.18 Å². The molecule has 3 rings (SSSR count). The Morgan fingerprint density at radius 2 is 1.92 bits per heavy atom. The Kier molecular flexibility index (Phi) is 4.42. The molecule has 2 N–H and O–H groups in total. The van der Waals surface area contributed by atoms with E-state index in [1.54, 1.807) is 6.07 Å². The fourth-order valence-electron chi connectivity index (χ4n) is 3.93. The van der Waals surface area contributed by atoms with Crippen LogP contribution < -0.4 is 10.6 Å². The normalized spacial score (nSPS) is 28.8. The van der Waals surface area contributed by atoms with E-state index >= 15 is 0 Å². The van der Waals surface area contributed by atoms with Gasteiger partial charge in [0.25, 0.3) is 0 Å². The van der Waals surface area contributed by atoms with Gasteiger partial charge in [-0.1, -0.05) is 24.8 Å². The molecule has 0 aromatic heterocycles. The van der Waals surface area contributed by atoms with E-state index in [1.807, 2.05) is 0 Å². The topological polar surface area (TPSA) is 41.1 Å². The first kappa shape index (κ1) is 17.0. The third-order valence-corrected chi connectivity index (χ3v) is 5.10. The molecule has 1 aromatic carbocycles. The summed E-state index contributed by atoms with van der Waals surface area (Å²) in [6, 6.07) is 6.02. The van der Waals surface area contributed by atoms with Gasteiger partial charge in [0.1, 0.15) is 0 Å². The molecule has 2 aliphatic carbocycles. The van der Waals surface area contributed by atoms with E-state index in [1.165, 1.54) is 18.2 Å². The predicted molar refractivity (Wildman–Crippen MR) is 85.1 cm³/mol. The standard InChI is InChI=1S/C18H21F3N2O/c1-2-16(24)23-15-9-17(10-15)7-14(8-17)22-11-12-4-3-5-13(6-12)18(19,20)21/h2-6,14-15,22H,1,7-11H2,(H,23,24). The lowest BCUT2D eigenvalue weighted by atomic mass is 9.52. The van der Waals surface area contributed by atoms with E-state index in [0.717, 1.165) is 31.7 Å². The molecular formula is C18H21F3N2O. The number of carbonyl (C=O) groups is 1. The minimum absolute atomic E-state index is 0.131. The smallest absolute Gasteiger partial charge is 0.350 e. The van der Waals surface area contributed by atoms with E-state index in [9.17, 15) is 18.0 Å². The van der Waals surface area contributed by atoms with Crippen LogP contribution in [0.5, 0.6) is 0 Å². The SMILES string of the molecule is C=CC(=O)NC1CC2(CC(NCc3cccc(C(F)(F)F)c3)C2)C1. The lowest BCUT2D eigenvalue weighted by Crippen LogP contribution is -2.60. The molecule has 0 atom stereocenters. The predicted octanol–water partition coefficient (Wildman–Crippen LogP) is 3.41. The largest absolute Gasteiger partial charge is 0.416 e. The van der Waals surface area contributed by atoms with Gasteiger partial charge in [-0.05, 0) is 48.8 Å². The molecule has 2 aliphatic rings. The van der Waals surface area contributed by atoms with E-state index in [0.29, 0.717) is 23.6 Å². The van der Waals surface area contributed by atoms with Gasteiger partial charge in [0.05, 0.1) is 5.56 Å². The maximum atomic E-state index is 12.7. The molecule has 6 heteroatoms. The van der Waals surface area contributed by atoms with Gasteiger partial charge in [-0.2, -0.15) is 13.2 Å². The summed E-state index contributed by atoms with van der Waals surface area (Å²) in [7, 11) is 0. The van der Waals surface area contributed by atoms with Crippen LogP contribution in [0.4, 0.5) is 13.2 Å². The van der Waals surface area contributed by atoms with Crippen molar-refractivity contribution in [2.24, 2.45) is 5.41 Å². The Morgan fingerprint density at radius 1 is 1.25 bits per heavy atom. The van der Waals surface area contributed by atoms with Crippen molar-refractivity contribution < 1.29 is 18.0 Å². The molecule has 0 saturated heterocycles. The fourth-order valence-corrected chi connectivity index (χ4v) is 3.93. The summed E-state index contributed by atoms with van der Waals surface area (Å²) in [5.74, 6) is -0.131. The van der Waals surface area contributed by atoms with Gasteiger partial charge in [-0.25, -0.2) is 0 Å². The summed E-state index contributed by atoms with van der Waals surface area (Å²) < 4.78 is 38.1. The monoisotopic (exact) mass is 338 g/mol. The quantitative estimate of drug-likeness (QED) is 0.808. The van der Waals surface area contributed by atoms with E-state index in [-0.39, 0.29) is 11.9 Å². The number of carbonyl (C=O) groups excluding carboxylic acids is 1. The van der Waals surface area contributed by atoms with Crippen LogP contribution in [0, 0.1) is 5.41 Å². The highest BCUT2D eigenvalue weighted by molar-refractivity contribution is 5.87. The zero-order valence-electron chi connectivity index (χ0n) is 13.3. The number of halogens is 3. The lowest BCUT2D eigenvalue weighted by Gasteiger charge is -2.58. The molecule has 0 heterocycles. The summed E-state index contributed by atoms with van der Waals surface area (Å²) in [6.07, 6.45) is 0.986. The number of rotatable bonds is 5. The van der Waals surface area contributed by atoms with Crippen molar-refractivity contribution in [3.63, 3.8) is 0 Å². The molecule has 1 amide bonds. The highest BCUT2D eigenvalue weighted by Gasteiger charge is 2.52. The molecular weight excluding hydrogens is 317 g/mol. The second-order valence-corrected chi connectivity index (χ2v) is 7.00. The van der Waals surface area contributed by atoms with Crippen LogP contribution in [-0.4, -0.2) is 18.0 Å². The van der Waals surface area contributed by atoms with Crippen LogP contribution >= 0.6 is 0 Å². The van der Waals surface area contributed by atoms with Crippen molar-refractivity contribution in [3.05, 3.63) is 48.0 Å². The third-order valence-electron chi connectivity index (χ3n) is 5.10. The van der Waals surface area contributed by atoms with Crippen molar-refractivity contribution in [2.45, 2.75) is 50.5 Å². The summed E-state index contributed by atoms with van der Waals surface area (Å²) in [5, 5.41) is 6.23. The second kappa shape index (κ2) is 6.24. The Labute approximate surface area is 139 Å². The van der Waals surface area contributed by atoms with Crippen LogP contribution in [0.1, 0.15) is 36.8 Å². The molecule has 130 valence electrons. The van der Waals surface area contributed by atoms with Crippen LogP contribution in [-0.2, 0) is 17.5 Å². The van der Waals surface area contributed by atoms with Crippen molar-refractivity contribution in [1.82, 2.24) is 10.6 Å². The molecule has 2 saturated carbocycles. The van der Waals surface area contributed by atoms with Gasteiger partial charge in [-0.15, -0.1) is 0 Å². The zero-order chi connectivity index (χ0) is 17.4. The molecule has 1 spiro atoms. The molecule has 2 fully saturated rings. The maximum Gasteiger partial charge on any atom is 0.416 e. The fraction of sp³-hybridized carbons (Fsp3) is 0.500. The number of amides is 1. The second-order valence-electron chi connectivity index (χ2n) is 7.00. The van der Waals surface area contributed by atoms with E-state index in [2.05, 4.69) is 17.2 Å². The van der Waals surface area contributed by atoms with E-state index in [4.69, 9.17) is 0 Å².